The Morgan fingerprint density at radius 3 is 2.76 bits per heavy atom. The van der Waals surface area contributed by atoms with Gasteiger partial charge in [0.15, 0.2) is 0 Å². The maximum Gasteiger partial charge on any atom is 0.303 e. The number of unbranched alkanes of at least 4 members (excludes halogenated alkanes) is 5. The first-order valence-electron chi connectivity index (χ1n) is 10.3. The van der Waals surface area contributed by atoms with Crippen molar-refractivity contribution >= 4 is 5.97 Å². The first-order chi connectivity index (χ1) is 12.1. The van der Waals surface area contributed by atoms with Gasteiger partial charge in [0.1, 0.15) is 0 Å². The van der Waals surface area contributed by atoms with Crippen LogP contribution in [0.25, 0.3) is 0 Å². The second-order valence-corrected chi connectivity index (χ2v) is 7.90. The van der Waals surface area contributed by atoms with E-state index in [1.165, 1.54) is 32.1 Å². The van der Waals surface area contributed by atoms with Crippen LogP contribution < -0.4 is 0 Å². The molecule has 2 N–H and O–H groups in total. The van der Waals surface area contributed by atoms with Crippen LogP contribution >= 0.6 is 0 Å². The minimum absolute atomic E-state index is 0.295. The quantitative estimate of drug-likeness (QED) is 0.377. The van der Waals surface area contributed by atoms with Crippen molar-refractivity contribution in [2.45, 2.75) is 89.8 Å². The summed E-state index contributed by atoms with van der Waals surface area (Å²) < 4.78 is 5.90. The third-order valence-electron chi connectivity index (χ3n) is 5.93. The monoisotopic (exact) mass is 352 g/mol. The van der Waals surface area contributed by atoms with Gasteiger partial charge >= 0.3 is 5.97 Å². The Balaban J connectivity index is 1.71. The number of aliphatic hydroxyl groups excluding tert-OH is 1. The summed E-state index contributed by atoms with van der Waals surface area (Å²) >= 11 is 0. The van der Waals surface area contributed by atoms with Crippen molar-refractivity contribution in [1.82, 2.24) is 0 Å². The molecule has 0 unspecified atom stereocenters. The minimum atomic E-state index is -0.687. The van der Waals surface area contributed by atoms with Crippen molar-refractivity contribution in [1.29, 1.82) is 0 Å². The van der Waals surface area contributed by atoms with E-state index in [1.54, 1.807) is 0 Å². The summed E-state index contributed by atoms with van der Waals surface area (Å²) in [7, 11) is 0. The number of carboxylic acid groups (broad SMARTS) is 1. The topological polar surface area (TPSA) is 66.8 Å². The number of rotatable bonds is 13. The van der Waals surface area contributed by atoms with Gasteiger partial charge in [-0.1, -0.05) is 57.6 Å². The van der Waals surface area contributed by atoms with Gasteiger partial charge in [0.2, 0.25) is 0 Å². The fourth-order valence-corrected chi connectivity index (χ4v) is 4.50. The second-order valence-electron chi connectivity index (χ2n) is 7.90. The fraction of sp³-hybridized carbons (Fsp3) is 0.857. The molecule has 0 amide bonds. The molecule has 0 spiro atoms. The van der Waals surface area contributed by atoms with Crippen LogP contribution in [-0.4, -0.2) is 35.0 Å². The van der Waals surface area contributed by atoms with Gasteiger partial charge in [-0.2, -0.15) is 0 Å². The van der Waals surface area contributed by atoms with Crippen LogP contribution in [0.5, 0.6) is 0 Å². The number of ether oxygens (including phenoxy) is 1. The summed E-state index contributed by atoms with van der Waals surface area (Å²) in [6, 6.07) is 0. The van der Waals surface area contributed by atoms with Gasteiger partial charge in [0, 0.05) is 12.3 Å². The molecule has 0 aromatic heterocycles. The van der Waals surface area contributed by atoms with Crippen molar-refractivity contribution in [2.75, 3.05) is 6.61 Å². The highest BCUT2D eigenvalue weighted by molar-refractivity contribution is 5.66. The van der Waals surface area contributed by atoms with Gasteiger partial charge in [-0.15, -0.1) is 0 Å². The van der Waals surface area contributed by atoms with Crippen molar-refractivity contribution in [3.05, 3.63) is 12.2 Å². The minimum Gasteiger partial charge on any atom is -0.481 e. The molecule has 4 nitrogen and oxygen atoms in total. The molecule has 144 valence electrons. The molecule has 1 heterocycles. The van der Waals surface area contributed by atoms with Gasteiger partial charge in [-0.25, -0.2) is 0 Å². The number of aliphatic hydroxyl groups is 1. The zero-order valence-corrected chi connectivity index (χ0v) is 15.7. The van der Waals surface area contributed by atoms with E-state index >= 15 is 0 Å². The third-order valence-corrected chi connectivity index (χ3v) is 5.93. The Morgan fingerprint density at radius 1 is 1.20 bits per heavy atom. The Kier molecular flexibility index (Phi) is 8.97. The predicted molar refractivity (Wildman–Crippen MR) is 99.5 cm³/mol. The maximum atomic E-state index is 10.5. The fourth-order valence-electron chi connectivity index (χ4n) is 4.50. The average molecular weight is 353 g/mol. The maximum absolute atomic E-state index is 10.5. The zero-order valence-electron chi connectivity index (χ0n) is 15.7. The lowest BCUT2D eigenvalue weighted by molar-refractivity contribution is -0.137. The lowest BCUT2D eigenvalue weighted by Crippen LogP contribution is -2.28. The second kappa shape index (κ2) is 11.0. The highest BCUT2D eigenvalue weighted by Crippen LogP contribution is 2.47. The molecule has 2 rings (SSSR count). The Hall–Kier alpha value is -0.870. The van der Waals surface area contributed by atoms with Crippen LogP contribution in [0.4, 0.5) is 0 Å². The molecule has 2 fully saturated rings. The van der Waals surface area contributed by atoms with E-state index in [9.17, 15) is 9.90 Å². The number of carboxylic acids is 1. The van der Waals surface area contributed by atoms with E-state index in [2.05, 4.69) is 13.0 Å². The van der Waals surface area contributed by atoms with Crippen LogP contribution in [-0.2, 0) is 9.53 Å². The molecule has 1 aliphatic heterocycles. The Labute approximate surface area is 152 Å². The first-order valence-corrected chi connectivity index (χ1v) is 10.3. The summed E-state index contributed by atoms with van der Waals surface area (Å²) in [5, 5.41) is 18.8. The molecule has 1 saturated heterocycles. The molecule has 1 aliphatic carbocycles. The van der Waals surface area contributed by atoms with Gasteiger partial charge < -0.3 is 14.9 Å². The standard InChI is InChI=1S/C21H36O4/c1-2-3-6-9-17(22)12-13-19-18(16-14-20(19)25-15-16)10-7-4-5-8-11-21(23)24/h12-13,16-20,22H,2-11,14-15H2,1H3,(H,23,24)/b13-12+/t16-,17+,18+,19-,20-/m0/s1. The number of hydrogen-bond acceptors (Lipinski definition) is 3. The smallest absolute Gasteiger partial charge is 0.303 e. The summed E-state index contributed by atoms with van der Waals surface area (Å²) in [4.78, 5) is 10.5. The molecule has 2 bridgehead atoms. The van der Waals surface area contributed by atoms with Crippen molar-refractivity contribution in [3.63, 3.8) is 0 Å². The molecular weight excluding hydrogens is 316 g/mol. The van der Waals surface area contributed by atoms with Gasteiger partial charge in [0.25, 0.3) is 0 Å². The number of aliphatic carboxylic acids is 1. The molecule has 0 aromatic carbocycles. The van der Waals surface area contributed by atoms with Gasteiger partial charge in [-0.3, -0.25) is 4.79 Å². The van der Waals surface area contributed by atoms with Crippen LogP contribution in [0.15, 0.2) is 12.2 Å². The number of carbonyl (C=O) groups is 1. The van der Waals surface area contributed by atoms with Crippen LogP contribution in [0.3, 0.4) is 0 Å². The highest BCUT2D eigenvalue weighted by Gasteiger charge is 2.46. The first kappa shape index (κ1) is 20.4. The predicted octanol–water partition coefficient (Wildman–Crippen LogP) is 4.56. The summed E-state index contributed by atoms with van der Waals surface area (Å²) in [5.41, 5.74) is 0. The van der Waals surface area contributed by atoms with Crippen molar-refractivity contribution in [2.24, 2.45) is 17.8 Å². The largest absolute Gasteiger partial charge is 0.481 e. The molecular formula is C21H36O4. The van der Waals surface area contributed by atoms with Crippen molar-refractivity contribution in [3.8, 4) is 0 Å². The molecule has 4 heteroatoms. The van der Waals surface area contributed by atoms with E-state index in [0.29, 0.717) is 30.3 Å². The van der Waals surface area contributed by atoms with Crippen LogP contribution in [0, 0.1) is 17.8 Å². The molecule has 0 radical (unpaired) electrons. The Bertz CT molecular complexity index is 420. The van der Waals surface area contributed by atoms with E-state index in [0.717, 1.165) is 38.7 Å². The summed E-state index contributed by atoms with van der Waals surface area (Å²) in [6.45, 7) is 3.08. The van der Waals surface area contributed by atoms with E-state index in [-0.39, 0.29) is 6.10 Å². The Morgan fingerprint density at radius 2 is 2.00 bits per heavy atom. The lowest BCUT2D eigenvalue weighted by atomic mass is 9.83. The number of fused-ring (bicyclic) bond motifs is 2. The third kappa shape index (κ3) is 6.74. The normalized spacial score (nSPS) is 29.5. The van der Waals surface area contributed by atoms with E-state index in [1.807, 2.05) is 6.08 Å². The van der Waals surface area contributed by atoms with E-state index < -0.39 is 5.97 Å². The van der Waals surface area contributed by atoms with Crippen LogP contribution in [0.1, 0.15) is 77.6 Å². The molecule has 1 saturated carbocycles. The number of hydrogen-bond donors (Lipinski definition) is 2. The van der Waals surface area contributed by atoms with Crippen LogP contribution in [0.2, 0.25) is 0 Å². The van der Waals surface area contributed by atoms with Gasteiger partial charge in [-0.05, 0) is 37.5 Å². The van der Waals surface area contributed by atoms with Crippen molar-refractivity contribution < 1.29 is 19.7 Å². The molecule has 5 atom stereocenters. The summed E-state index contributed by atoms with van der Waals surface area (Å²) in [5.74, 6) is 1.12. The van der Waals surface area contributed by atoms with Gasteiger partial charge in [0.05, 0.1) is 18.8 Å². The summed E-state index contributed by atoms with van der Waals surface area (Å²) in [6.07, 6.45) is 15.4. The van der Waals surface area contributed by atoms with E-state index in [4.69, 9.17) is 9.84 Å². The SMILES string of the molecule is CCCCC[C@@H](O)/C=C/[C@H]1[C@H](CCCCCCC(=O)O)[C@@H]2CO[C@H]1C2. The zero-order chi connectivity index (χ0) is 18.1. The lowest BCUT2D eigenvalue weighted by Gasteiger charge is -2.29. The average Bonchev–Trinajstić information content (AvgIpc) is 3.17. The molecule has 0 aromatic rings. The molecule has 2 aliphatic rings. The molecule has 25 heavy (non-hydrogen) atoms. The highest BCUT2D eigenvalue weighted by atomic mass is 16.5.